The summed E-state index contributed by atoms with van der Waals surface area (Å²) in [5, 5.41) is 0. The molecule has 0 aliphatic rings. The van der Waals surface area contributed by atoms with E-state index in [2.05, 4.69) is 0 Å². The Hall–Kier alpha value is -1.75. The van der Waals surface area contributed by atoms with Gasteiger partial charge in [-0.15, -0.1) is 0 Å². The zero-order chi connectivity index (χ0) is 18.6. The Morgan fingerprint density at radius 1 is 0.577 bits per heavy atom. The van der Waals surface area contributed by atoms with Gasteiger partial charge >= 0.3 is 165 Å². The second-order valence-corrected chi connectivity index (χ2v) is 7.97. The molecule has 26 heavy (non-hydrogen) atoms. The van der Waals surface area contributed by atoms with Gasteiger partial charge in [0.05, 0.1) is 0 Å². The van der Waals surface area contributed by atoms with Crippen molar-refractivity contribution in [2.24, 2.45) is 0 Å². The van der Waals surface area contributed by atoms with E-state index in [1.54, 1.807) is 36.4 Å². The number of hydrogen-bond donors (Lipinski definition) is 0. The van der Waals surface area contributed by atoms with Crippen LogP contribution in [-0.4, -0.2) is 22.5 Å². The molecule has 0 aliphatic carbocycles. The van der Waals surface area contributed by atoms with Crippen LogP contribution >= 0.6 is 0 Å². The summed E-state index contributed by atoms with van der Waals surface area (Å²) in [6.07, 6.45) is 1.77. The van der Waals surface area contributed by atoms with E-state index < -0.39 is 5.41 Å². The van der Waals surface area contributed by atoms with Crippen LogP contribution < -0.4 is 0 Å². The van der Waals surface area contributed by atoms with Crippen LogP contribution in [0.4, 0.5) is 13.2 Å². The third-order valence-corrected chi connectivity index (χ3v) is 5.93. The molecule has 3 aromatic rings. The number of rotatable bonds is 6. The fraction of sp³-hybridized carbons (Fsp3) is 0.182. The molecule has 0 saturated heterocycles. The standard InChI is InChI=1S/C22H18F3.Sn.H/c1-2-15-22(16-3-9-19(23)10-4-16,17-5-11-20(24)12-6-17)18-7-13-21(25)14-8-18;;/h3-14H,1-2,15H2;;. The molecule has 3 aromatic carbocycles. The van der Waals surface area contributed by atoms with Crippen molar-refractivity contribution in [3.05, 3.63) is 107 Å². The third-order valence-electron chi connectivity index (χ3n) is 4.77. The Bertz CT molecular complexity index is 729. The van der Waals surface area contributed by atoms with Crippen molar-refractivity contribution in [2.45, 2.75) is 22.7 Å². The second-order valence-electron chi connectivity index (χ2n) is 6.32. The van der Waals surface area contributed by atoms with Crippen molar-refractivity contribution < 1.29 is 13.2 Å². The minimum absolute atomic E-state index is 0.303. The van der Waals surface area contributed by atoms with Gasteiger partial charge in [-0.2, -0.15) is 0 Å². The molecule has 0 unspecified atom stereocenters. The fourth-order valence-electron chi connectivity index (χ4n) is 3.50. The van der Waals surface area contributed by atoms with Crippen molar-refractivity contribution in [1.29, 1.82) is 0 Å². The van der Waals surface area contributed by atoms with Gasteiger partial charge in [-0.25, -0.2) is 0 Å². The van der Waals surface area contributed by atoms with E-state index in [1.807, 2.05) is 0 Å². The molecule has 2 radical (unpaired) electrons. The Balaban J connectivity index is 2.27. The summed E-state index contributed by atoms with van der Waals surface area (Å²) in [6.45, 7) is 0. The summed E-state index contributed by atoms with van der Waals surface area (Å²) in [5.74, 6) is -0.908. The van der Waals surface area contributed by atoms with Crippen LogP contribution in [0.5, 0.6) is 0 Å². The number of halogens is 3. The normalized spacial score (nSPS) is 11.5. The summed E-state index contributed by atoms with van der Waals surface area (Å²) < 4.78 is 41.7. The summed E-state index contributed by atoms with van der Waals surface area (Å²) >= 11 is 1.15. The Kier molecular flexibility index (Phi) is 6.07. The van der Waals surface area contributed by atoms with Gasteiger partial charge in [-0.05, 0) is 0 Å². The monoisotopic (exact) mass is 460 g/mol. The molecular weight excluding hydrogens is 440 g/mol. The van der Waals surface area contributed by atoms with Crippen LogP contribution in [0, 0.1) is 17.5 Å². The first-order chi connectivity index (χ1) is 12.6. The van der Waals surface area contributed by atoms with E-state index in [9.17, 15) is 13.2 Å². The molecule has 4 heteroatoms. The van der Waals surface area contributed by atoms with Gasteiger partial charge in [-0.1, -0.05) is 0 Å². The Morgan fingerprint density at radius 2 is 0.885 bits per heavy atom. The van der Waals surface area contributed by atoms with Crippen molar-refractivity contribution in [3.8, 4) is 0 Å². The molecule has 0 heterocycles. The zero-order valence-electron chi connectivity index (χ0n) is 14.3. The number of benzene rings is 3. The molecule has 0 spiro atoms. The first-order valence-electron chi connectivity index (χ1n) is 8.54. The van der Waals surface area contributed by atoms with Gasteiger partial charge in [0, 0.05) is 0 Å². The maximum absolute atomic E-state index is 13.5. The van der Waals surface area contributed by atoms with Crippen LogP contribution in [-0.2, 0) is 5.41 Å². The predicted octanol–water partition coefficient (Wildman–Crippen LogP) is 5.54. The predicted molar refractivity (Wildman–Crippen MR) is 100 cm³/mol. The van der Waals surface area contributed by atoms with Gasteiger partial charge in [0.25, 0.3) is 0 Å². The molecule has 0 aliphatic heterocycles. The molecule has 0 aromatic heterocycles. The van der Waals surface area contributed by atoms with E-state index in [0.29, 0.717) is 0 Å². The summed E-state index contributed by atoms with van der Waals surface area (Å²) in [4.78, 5) is 0. The average molecular weight is 459 g/mol. The Labute approximate surface area is 165 Å². The van der Waals surface area contributed by atoms with E-state index in [1.165, 1.54) is 36.4 Å². The van der Waals surface area contributed by atoms with E-state index >= 15 is 0 Å². The maximum atomic E-state index is 13.5. The average Bonchev–Trinajstić information content (AvgIpc) is 2.66. The van der Waals surface area contributed by atoms with Crippen LogP contribution in [0.15, 0.2) is 72.8 Å². The van der Waals surface area contributed by atoms with Crippen LogP contribution in [0.1, 0.15) is 29.5 Å². The fourth-order valence-corrected chi connectivity index (χ4v) is 4.09. The van der Waals surface area contributed by atoms with Gasteiger partial charge in [0.2, 0.25) is 0 Å². The molecule has 0 N–H and O–H groups in total. The second kappa shape index (κ2) is 8.29. The molecule has 3 rings (SSSR count). The Morgan fingerprint density at radius 3 is 1.15 bits per heavy atom. The summed E-state index contributed by atoms with van der Waals surface area (Å²) in [5.41, 5.74) is 2.20. The first kappa shape index (κ1) is 19.0. The zero-order valence-corrected chi connectivity index (χ0v) is 17.6. The molecule has 0 atom stereocenters. The molecule has 0 bridgehead atoms. The molecule has 132 valence electrons. The van der Waals surface area contributed by atoms with Crippen molar-refractivity contribution in [3.63, 3.8) is 0 Å². The van der Waals surface area contributed by atoms with Gasteiger partial charge in [-0.3, -0.25) is 0 Å². The quantitative estimate of drug-likeness (QED) is 0.336. The topological polar surface area (TPSA) is 0 Å². The van der Waals surface area contributed by atoms with Gasteiger partial charge in [0.15, 0.2) is 0 Å². The van der Waals surface area contributed by atoms with E-state index in [-0.39, 0.29) is 17.5 Å². The summed E-state index contributed by atoms with van der Waals surface area (Å²) in [7, 11) is 0. The third kappa shape index (κ3) is 3.82. The minimum atomic E-state index is -0.571. The number of hydrogen-bond acceptors (Lipinski definition) is 0. The SMILES string of the molecule is Fc1ccc(C(CC[CH2][SnH])(c2ccc(F)cc2)c2ccc(F)cc2)cc1. The van der Waals surface area contributed by atoms with Crippen molar-refractivity contribution in [2.75, 3.05) is 0 Å². The first-order valence-corrected chi connectivity index (χ1v) is 10.9. The molecule has 0 amide bonds. The van der Waals surface area contributed by atoms with Gasteiger partial charge in [0.1, 0.15) is 0 Å². The van der Waals surface area contributed by atoms with E-state index in [0.717, 1.165) is 56.5 Å². The van der Waals surface area contributed by atoms with Gasteiger partial charge < -0.3 is 0 Å². The van der Waals surface area contributed by atoms with E-state index in [4.69, 9.17) is 0 Å². The molecule has 0 nitrogen and oxygen atoms in total. The summed E-state index contributed by atoms with van der Waals surface area (Å²) in [6, 6.07) is 19.3. The van der Waals surface area contributed by atoms with Crippen LogP contribution in [0.25, 0.3) is 0 Å². The molecular formula is C22H19F3Sn. The molecule has 0 fully saturated rings. The van der Waals surface area contributed by atoms with Crippen LogP contribution in [0.3, 0.4) is 0 Å². The van der Waals surface area contributed by atoms with Crippen molar-refractivity contribution in [1.82, 2.24) is 0 Å². The van der Waals surface area contributed by atoms with Crippen LogP contribution in [0.2, 0.25) is 4.44 Å². The molecule has 0 saturated carbocycles. The van der Waals surface area contributed by atoms with Crippen molar-refractivity contribution >= 4 is 22.5 Å².